The van der Waals surface area contributed by atoms with Gasteiger partial charge in [0.25, 0.3) is 0 Å². The molecule has 0 aromatic heterocycles. The van der Waals surface area contributed by atoms with Crippen molar-refractivity contribution in [2.75, 3.05) is 7.11 Å². The summed E-state index contributed by atoms with van der Waals surface area (Å²) in [5.74, 6) is 0.453. The summed E-state index contributed by atoms with van der Waals surface area (Å²) in [6, 6.07) is 6.77. The molecule has 0 bridgehead atoms. The van der Waals surface area contributed by atoms with E-state index in [0.717, 1.165) is 0 Å². The van der Waals surface area contributed by atoms with Crippen LogP contribution in [0.2, 0.25) is 5.02 Å². The molecule has 0 atom stereocenters. The first-order valence-electron chi connectivity index (χ1n) is 4.42. The zero-order valence-corrected chi connectivity index (χ0v) is 9.04. The molecule has 0 radical (unpaired) electrons. The number of ketones is 1. The van der Waals surface area contributed by atoms with Gasteiger partial charge in [0.2, 0.25) is 0 Å². The molecule has 15 heavy (non-hydrogen) atoms. The molecule has 0 N–H and O–H groups in total. The first-order valence-corrected chi connectivity index (χ1v) is 4.80. The predicted octanol–water partition coefficient (Wildman–Crippen LogP) is 2.84. The van der Waals surface area contributed by atoms with Gasteiger partial charge in [0.05, 0.1) is 18.2 Å². The summed E-state index contributed by atoms with van der Waals surface area (Å²) in [6.45, 7) is 0. The molecule has 1 aromatic rings. The maximum absolute atomic E-state index is 11.5. The van der Waals surface area contributed by atoms with Gasteiger partial charge in [-0.1, -0.05) is 11.6 Å². The lowest BCUT2D eigenvalue weighted by Gasteiger charge is -2.04. The second-order valence-corrected chi connectivity index (χ2v) is 3.34. The molecular formula is C11H10ClNO2. The van der Waals surface area contributed by atoms with Crippen LogP contribution in [-0.2, 0) is 0 Å². The van der Waals surface area contributed by atoms with Gasteiger partial charge in [0.1, 0.15) is 5.75 Å². The lowest BCUT2D eigenvalue weighted by Crippen LogP contribution is -1.98. The van der Waals surface area contributed by atoms with Gasteiger partial charge in [-0.2, -0.15) is 5.26 Å². The Labute approximate surface area is 93.2 Å². The lowest BCUT2D eigenvalue weighted by molar-refractivity contribution is 0.0984. The number of hydrogen-bond donors (Lipinski definition) is 0. The molecule has 3 nitrogen and oxygen atoms in total. The van der Waals surface area contributed by atoms with E-state index >= 15 is 0 Å². The largest absolute Gasteiger partial charge is 0.495 e. The van der Waals surface area contributed by atoms with Gasteiger partial charge in [0, 0.05) is 18.4 Å². The Morgan fingerprint density at radius 2 is 2.33 bits per heavy atom. The van der Waals surface area contributed by atoms with E-state index in [4.69, 9.17) is 21.6 Å². The number of methoxy groups -OCH3 is 1. The molecule has 0 aliphatic rings. The highest BCUT2D eigenvalue weighted by molar-refractivity contribution is 6.32. The first-order chi connectivity index (χ1) is 7.19. The minimum absolute atomic E-state index is 0.0823. The summed E-state index contributed by atoms with van der Waals surface area (Å²) >= 11 is 5.87. The van der Waals surface area contributed by atoms with Crippen molar-refractivity contribution in [3.8, 4) is 11.8 Å². The Kier molecular flexibility index (Phi) is 4.14. The quantitative estimate of drug-likeness (QED) is 0.738. The summed E-state index contributed by atoms with van der Waals surface area (Å²) in [7, 11) is 1.51. The van der Waals surface area contributed by atoms with Crippen LogP contribution < -0.4 is 4.74 Å². The fraction of sp³-hybridized carbons (Fsp3) is 0.273. The number of hydrogen-bond acceptors (Lipinski definition) is 3. The average Bonchev–Trinajstić information content (AvgIpc) is 2.25. The molecule has 0 unspecified atom stereocenters. The van der Waals surface area contributed by atoms with Crippen molar-refractivity contribution in [1.82, 2.24) is 0 Å². The van der Waals surface area contributed by atoms with Crippen LogP contribution in [0.1, 0.15) is 23.2 Å². The van der Waals surface area contributed by atoms with E-state index in [-0.39, 0.29) is 18.6 Å². The van der Waals surface area contributed by atoms with Crippen LogP contribution in [0.4, 0.5) is 0 Å². The highest BCUT2D eigenvalue weighted by atomic mass is 35.5. The van der Waals surface area contributed by atoms with E-state index in [0.29, 0.717) is 16.3 Å². The number of halogens is 1. The summed E-state index contributed by atoms with van der Waals surface area (Å²) in [4.78, 5) is 11.5. The van der Waals surface area contributed by atoms with Crippen LogP contribution in [0, 0.1) is 11.3 Å². The number of carbonyl (C=O) groups excluding carboxylic acids is 1. The maximum atomic E-state index is 11.5. The van der Waals surface area contributed by atoms with Crippen LogP contribution in [0.5, 0.6) is 5.75 Å². The number of nitriles is 1. The van der Waals surface area contributed by atoms with Crippen LogP contribution in [0.25, 0.3) is 0 Å². The fourth-order valence-electron chi connectivity index (χ4n) is 1.15. The van der Waals surface area contributed by atoms with Gasteiger partial charge in [-0.3, -0.25) is 4.79 Å². The molecule has 0 saturated heterocycles. The smallest absolute Gasteiger partial charge is 0.163 e. The fourth-order valence-corrected chi connectivity index (χ4v) is 1.41. The second kappa shape index (κ2) is 5.38. The third-order valence-corrected chi connectivity index (χ3v) is 2.23. The number of rotatable bonds is 4. The van der Waals surface area contributed by atoms with E-state index in [1.807, 2.05) is 6.07 Å². The van der Waals surface area contributed by atoms with Crippen LogP contribution in [-0.4, -0.2) is 12.9 Å². The molecule has 0 amide bonds. The van der Waals surface area contributed by atoms with Crippen molar-refractivity contribution >= 4 is 17.4 Å². The molecule has 0 aliphatic heterocycles. The topological polar surface area (TPSA) is 50.1 Å². The summed E-state index contributed by atoms with van der Waals surface area (Å²) < 4.78 is 4.97. The highest BCUT2D eigenvalue weighted by Crippen LogP contribution is 2.25. The normalized spacial score (nSPS) is 9.40. The predicted molar refractivity (Wildman–Crippen MR) is 57.2 cm³/mol. The molecule has 1 rings (SSSR count). The Hall–Kier alpha value is -1.53. The molecule has 0 spiro atoms. The van der Waals surface area contributed by atoms with Crippen LogP contribution in [0.3, 0.4) is 0 Å². The third kappa shape index (κ3) is 2.97. The number of carbonyl (C=O) groups is 1. The molecule has 1 aromatic carbocycles. The van der Waals surface area contributed by atoms with E-state index in [2.05, 4.69) is 0 Å². The monoisotopic (exact) mass is 223 g/mol. The first kappa shape index (κ1) is 11.5. The number of nitrogens with zero attached hydrogens (tertiary/aromatic N) is 1. The standard InChI is InChI=1S/C11H10ClNO2/c1-15-11-5-4-8(7-9(11)12)10(14)3-2-6-13/h4-5,7H,2-3H2,1H3. The summed E-state index contributed by atoms with van der Waals surface area (Å²) in [5.41, 5.74) is 0.510. The lowest BCUT2D eigenvalue weighted by atomic mass is 10.1. The van der Waals surface area contributed by atoms with Crippen molar-refractivity contribution in [2.24, 2.45) is 0 Å². The van der Waals surface area contributed by atoms with Gasteiger partial charge in [-0.05, 0) is 18.2 Å². The zero-order chi connectivity index (χ0) is 11.3. The van der Waals surface area contributed by atoms with Crippen LogP contribution in [0.15, 0.2) is 18.2 Å². The number of benzene rings is 1. The molecule has 0 saturated carbocycles. The van der Waals surface area contributed by atoms with E-state index < -0.39 is 0 Å². The molecule has 4 heteroatoms. The third-order valence-electron chi connectivity index (χ3n) is 1.94. The van der Waals surface area contributed by atoms with Gasteiger partial charge in [-0.25, -0.2) is 0 Å². The molecular weight excluding hydrogens is 214 g/mol. The van der Waals surface area contributed by atoms with E-state index in [1.165, 1.54) is 7.11 Å². The summed E-state index contributed by atoms with van der Waals surface area (Å²) in [6.07, 6.45) is 0.446. The van der Waals surface area contributed by atoms with Gasteiger partial charge in [-0.15, -0.1) is 0 Å². The van der Waals surface area contributed by atoms with Gasteiger partial charge >= 0.3 is 0 Å². The van der Waals surface area contributed by atoms with Gasteiger partial charge < -0.3 is 4.74 Å². The number of ether oxygens (including phenoxy) is 1. The van der Waals surface area contributed by atoms with Gasteiger partial charge in [0.15, 0.2) is 5.78 Å². The van der Waals surface area contributed by atoms with Crippen molar-refractivity contribution in [2.45, 2.75) is 12.8 Å². The summed E-state index contributed by atoms with van der Waals surface area (Å²) in [5, 5.41) is 8.75. The maximum Gasteiger partial charge on any atom is 0.163 e. The second-order valence-electron chi connectivity index (χ2n) is 2.93. The SMILES string of the molecule is COc1ccc(C(=O)CCC#N)cc1Cl. The molecule has 0 aliphatic carbocycles. The minimum Gasteiger partial charge on any atom is -0.495 e. The van der Waals surface area contributed by atoms with Crippen molar-refractivity contribution in [1.29, 1.82) is 5.26 Å². The van der Waals surface area contributed by atoms with E-state index in [9.17, 15) is 4.79 Å². The molecule has 0 heterocycles. The van der Waals surface area contributed by atoms with E-state index in [1.54, 1.807) is 18.2 Å². The Morgan fingerprint density at radius 1 is 1.60 bits per heavy atom. The minimum atomic E-state index is -0.0823. The van der Waals surface area contributed by atoms with Crippen molar-refractivity contribution in [3.63, 3.8) is 0 Å². The zero-order valence-electron chi connectivity index (χ0n) is 8.29. The highest BCUT2D eigenvalue weighted by Gasteiger charge is 2.08. The van der Waals surface area contributed by atoms with Crippen LogP contribution >= 0.6 is 11.6 Å². The average molecular weight is 224 g/mol. The number of Topliss-reactive ketones (excluding diaryl/α,β-unsaturated/α-hetero) is 1. The Bertz CT molecular complexity index is 410. The Balaban J connectivity index is 2.84. The van der Waals surface area contributed by atoms with Crippen molar-refractivity contribution < 1.29 is 9.53 Å². The van der Waals surface area contributed by atoms with Crippen molar-refractivity contribution in [3.05, 3.63) is 28.8 Å². The Morgan fingerprint density at radius 3 is 2.87 bits per heavy atom. The molecule has 0 fully saturated rings. The molecule has 78 valence electrons.